The molecular formula is C12H11N3O. The molecule has 0 saturated carbocycles. The molecule has 1 aromatic carbocycles. The maximum Gasteiger partial charge on any atom is 0.211 e. The smallest absolute Gasteiger partial charge is 0.211 e. The monoisotopic (exact) mass is 213 g/mol. The molecule has 1 heterocycles. The number of amides is 1. The Balaban J connectivity index is 2.15. The summed E-state index contributed by atoms with van der Waals surface area (Å²) in [5, 5.41) is 5.81. The van der Waals surface area contributed by atoms with Gasteiger partial charge in [0.05, 0.1) is 0 Å². The van der Waals surface area contributed by atoms with Crippen molar-refractivity contribution in [3.8, 4) is 0 Å². The molecule has 0 aliphatic rings. The summed E-state index contributed by atoms with van der Waals surface area (Å²) >= 11 is 0. The second-order valence-electron chi connectivity index (χ2n) is 3.20. The highest BCUT2D eigenvalue weighted by Crippen LogP contribution is 2.18. The van der Waals surface area contributed by atoms with Gasteiger partial charge in [-0.25, -0.2) is 0 Å². The van der Waals surface area contributed by atoms with Crippen LogP contribution in [0.2, 0.25) is 0 Å². The normalized spacial score (nSPS) is 9.50. The number of carbonyl (C=O) groups is 1. The van der Waals surface area contributed by atoms with Crippen LogP contribution in [0.1, 0.15) is 0 Å². The van der Waals surface area contributed by atoms with E-state index in [-0.39, 0.29) is 0 Å². The number of rotatable bonds is 4. The number of nitrogens with zero attached hydrogens (tertiary/aromatic N) is 1. The molecule has 0 unspecified atom stereocenters. The van der Waals surface area contributed by atoms with E-state index < -0.39 is 0 Å². The first-order valence-electron chi connectivity index (χ1n) is 4.86. The van der Waals surface area contributed by atoms with Crippen molar-refractivity contribution in [2.45, 2.75) is 0 Å². The van der Waals surface area contributed by atoms with Crippen LogP contribution in [0.15, 0.2) is 48.8 Å². The summed E-state index contributed by atoms with van der Waals surface area (Å²) in [6, 6.07) is 11.2. The van der Waals surface area contributed by atoms with Gasteiger partial charge in [0.1, 0.15) is 0 Å². The molecule has 16 heavy (non-hydrogen) atoms. The van der Waals surface area contributed by atoms with E-state index in [0.29, 0.717) is 6.41 Å². The number of benzene rings is 1. The van der Waals surface area contributed by atoms with Crippen LogP contribution in [0.3, 0.4) is 0 Å². The standard InChI is InChI=1S/C12H11N3O/c16-9-14-11-2-1-3-12(8-11)15-10-4-6-13-7-5-10/h1-9H,(H,13,15)(H,14,16). The summed E-state index contributed by atoms with van der Waals surface area (Å²) in [6.45, 7) is 0. The zero-order valence-electron chi connectivity index (χ0n) is 8.55. The molecular weight excluding hydrogens is 202 g/mol. The zero-order chi connectivity index (χ0) is 11.2. The molecule has 4 heteroatoms. The molecule has 2 aromatic rings. The third kappa shape index (κ3) is 2.57. The second kappa shape index (κ2) is 4.93. The van der Waals surface area contributed by atoms with Crippen LogP contribution < -0.4 is 10.6 Å². The first-order chi connectivity index (χ1) is 7.88. The highest BCUT2D eigenvalue weighted by Gasteiger charge is 1.95. The number of hydrogen-bond acceptors (Lipinski definition) is 3. The van der Waals surface area contributed by atoms with E-state index in [1.165, 1.54) is 0 Å². The van der Waals surface area contributed by atoms with Crippen molar-refractivity contribution in [1.29, 1.82) is 0 Å². The first-order valence-corrected chi connectivity index (χ1v) is 4.86. The molecule has 1 aromatic heterocycles. The Morgan fingerprint density at radius 3 is 2.50 bits per heavy atom. The van der Waals surface area contributed by atoms with Crippen molar-refractivity contribution >= 4 is 23.5 Å². The molecule has 80 valence electrons. The average molecular weight is 213 g/mol. The topological polar surface area (TPSA) is 54.0 Å². The minimum absolute atomic E-state index is 0.658. The lowest BCUT2D eigenvalue weighted by Crippen LogP contribution is -1.95. The van der Waals surface area contributed by atoms with Gasteiger partial charge in [-0.15, -0.1) is 0 Å². The summed E-state index contributed by atoms with van der Waals surface area (Å²) in [4.78, 5) is 14.2. The molecule has 1 amide bonds. The van der Waals surface area contributed by atoms with Gasteiger partial charge in [0, 0.05) is 29.5 Å². The molecule has 4 nitrogen and oxygen atoms in total. The molecule has 0 spiro atoms. The molecule has 0 radical (unpaired) electrons. The van der Waals surface area contributed by atoms with Crippen LogP contribution in [0.4, 0.5) is 17.1 Å². The number of anilines is 3. The van der Waals surface area contributed by atoms with Gasteiger partial charge in [0.25, 0.3) is 0 Å². The Labute approximate surface area is 93.3 Å². The van der Waals surface area contributed by atoms with E-state index in [4.69, 9.17) is 0 Å². The van der Waals surface area contributed by atoms with Crippen LogP contribution in [-0.2, 0) is 4.79 Å². The van der Waals surface area contributed by atoms with Crippen LogP contribution in [-0.4, -0.2) is 11.4 Å². The van der Waals surface area contributed by atoms with E-state index in [2.05, 4.69) is 15.6 Å². The fraction of sp³-hybridized carbons (Fsp3) is 0. The summed E-state index contributed by atoms with van der Waals surface area (Å²) in [5.41, 5.74) is 2.63. The van der Waals surface area contributed by atoms with Gasteiger partial charge < -0.3 is 10.6 Å². The Kier molecular flexibility index (Phi) is 3.13. The minimum atomic E-state index is 0.658. The maximum absolute atomic E-state index is 10.3. The largest absolute Gasteiger partial charge is 0.355 e. The predicted octanol–water partition coefficient (Wildman–Crippen LogP) is 2.39. The van der Waals surface area contributed by atoms with Crippen LogP contribution >= 0.6 is 0 Å². The SMILES string of the molecule is O=CNc1cccc(Nc2ccncc2)c1. The van der Waals surface area contributed by atoms with Gasteiger partial charge in [-0.1, -0.05) is 6.07 Å². The Morgan fingerprint density at radius 1 is 1.00 bits per heavy atom. The summed E-state index contributed by atoms with van der Waals surface area (Å²) in [6.07, 6.45) is 4.09. The fourth-order valence-corrected chi connectivity index (χ4v) is 1.36. The van der Waals surface area contributed by atoms with Crippen LogP contribution in [0.25, 0.3) is 0 Å². The molecule has 0 saturated heterocycles. The number of carbonyl (C=O) groups excluding carboxylic acids is 1. The van der Waals surface area contributed by atoms with E-state index >= 15 is 0 Å². The zero-order valence-corrected chi connectivity index (χ0v) is 8.55. The van der Waals surface area contributed by atoms with Gasteiger partial charge in [0.15, 0.2) is 0 Å². The van der Waals surface area contributed by atoms with Gasteiger partial charge >= 0.3 is 0 Å². The average Bonchev–Trinajstić information content (AvgIpc) is 2.31. The predicted molar refractivity (Wildman–Crippen MR) is 63.6 cm³/mol. The molecule has 2 N–H and O–H groups in total. The molecule has 2 rings (SSSR count). The lowest BCUT2D eigenvalue weighted by atomic mass is 10.2. The van der Waals surface area contributed by atoms with Crippen molar-refractivity contribution in [3.05, 3.63) is 48.8 Å². The molecule has 0 aliphatic heterocycles. The lowest BCUT2D eigenvalue weighted by Gasteiger charge is -2.07. The Hall–Kier alpha value is -2.36. The van der Waals surface area contributed by atoms with Crippen molar-refractivity contribution in [2.24, 2.45) is 0 Å². The second-order valence-corrected chi connectivity index (χ2v) is 3.20. The third-order valence-electron chi connectivity index (χ3n) is 2.06. The minimum Gasteiger partial charge on any atom is -0.355 e. The number of aromatic nitrogens is 1. The van der Waals surface area contributed by atoms with Crippen molar-refractivity contribution in [2.75, 3.05) is 10.6 Å². The highest BCUT2D eigenvalue weighted by atomic mass is 16.1. The maximum atomic E-state index is 10.3. The first kappa shape index (κ1) is 10.2. The van der Waals surface area contributed by atoms with E-state index in [1.807, 2.05) is 36.4 Å². The van der Waals surface area contributed by atoms with Gasteiger partial charge in [-0.05, 0) is 30.3 Å². The van der Waals surface area contributed by atoms with Crippen LogP contribution in [0, 0.1) is 0 Å². The number of nitrogens with one attached hydrogen (secondary N) is 2. The number of pyridine rings is 1. The van der Waals surface area contributed by atoms with Gasteiger partial charge in [-0.2, -0.15) is 0 Å². The summed E-state index contributed by atoms with van der Waals surface area (Å²) < 4.78 is 0. The quantitative estimate of drug-likeness (QED) is 0.767. The van der Waals surface area contributed by atoms with Crippen molar-refractivity contribution < 1.29 is 4.79 Å². The van der Waals surface area contributed by atoms with E-state index in [0.717, 1.165) is 17.1 Å². The highest BCUT2D eigenvalue weighted by molar-refractivity contribution is 5.74. The molecule has 0 aliphatic carbocycles. The van der Waals surface area contributed by atoms with E-state index in [1.54, 1.807) is 12.4 Å². The number of hydrogen-bond donors (Lipinski definition) is 2. The van der Waals surface area contributed by atoms with Crippen molar-refractivity contribution in [1.82, 2.24) is 4.98 Å². The Bertz CT molecular complexity index is 471. The van der Waals surface area contributed by atoms with Gasteiger partial charge in [0.2, 0.25) is 6.41 Å². The lowest BCUT2D eigenvalue weighted by molar-refractivity contribution is -0.105. The van der Waals surface area contributed by atoms with Gasteiger partial charge in [-0.3, -0.25) is 9.78 Å². The third-order valence-corrected chi connectivity index (χ3v) is 2.06. The van der Waals surface area contributed by atoms with E-state index in [9.17, 15) is 4.79 Å². The van der Waals surface area contributed by atoms with Crippen LogP contribution in [0.5, 0.6) is 0 Å². The summed E-state index contributed by atoms with van der Waals surface area (Å²) in [7, 11) is 0. The summed E-state index contributed by atoms with van der Waals surface area (Å²) in [5.74, 6) is 0. The van der Waals surface area contributed by atoms with Crippen molar-refractivity contribution in [3.63, 3.8) is 0 Å². The molecule has 0 fully saturated rings. The molecule has 0 bridgehead atoms. The molecule has 0 atom stereocenters. The Morgan fingerprint density at radius 2 is 1.75 bits per heavy atom. The fourth-order valence-electron chi connectivity index (χ4n) is 1.36.